The van der Waals surface area contributed by atoms with Gasteiger partial charge in [-0.15, -0.1) is 13.2 Å². The molecule has 1 rings (SSSR count). The highest BCUT2D eigenvalue weighted by Crippen LogP contribution is 2.30. The molecule has 82 valence electrons. The first kappa shape index (κ1) is 12.2. The fraction of sp³-hybridized carbons (Fsp3) is 0.250. The number of aryl methyl sites for hydroxylation is 1. The van der Waals surface area contributed by atoms with Crippen molar-refractivity contribution in [2.24, 2.45) is 0 Å². The van der Waals surface area contributed by atoms with E-state index in [1.165, 1.54) is 13.1 Å². The number of nitrogens with zero attached hydrogens (tertiary/aromatic N) is 1. The van der Waals surface area contributed by atoms with Gasteiger partial charge in [0.1, 0.15) is 0 Å². The summed E-state index contributed by atoms with van der Waals surface area (Å²) in [4.78, 5) is 14.3. The van der Waals surface area contributed by atoms with Gasteiger partial charge in [0, 0.05) is 9.77 Å². The third-order valence-corrected chi connectivity index (χ3v) is 2.40. The lowest BCUT2D eigenvalue weighted by molar-refractivity contribution is -0.275. The molecular weight excluding hydrogens is 326 g/mol. The minimum Gasteiger partial charge on any atom is -0.403 e. The lowest BCUT2D eigenvalue weighted by atomic mass is 10.2. The molecule has 0 unspecified atom stereocenters. The number of ether oxygens (including phenoxy) is 1. The summed E-state index contributed by atoms with van der Waals surface area (Å²) in [6.07, 6.45) is -3.20. The number of halogens is 4. The quantitative estimate of drug-likeness (QED) is 0.618. The van der Waals surface area contributed by atoms with Crippen molar-refractivity contribution in [3.63, 3.8) is 0 Å². The molecule has 0 aliphatic heterocycles. The molecule has 0 atom stereocenters. The molecular formula is C8H5F3INO2. The first-order chi connectivity index (χ1) is 6.85. The van der Waals surface area contributed by atoms with Crippen LogP contribution in [0.3, 0.4) is 0 Å². The number of aromatic nitrogens is 1. The maximum atomic E-state index is 12.0. The van der Waals surface area contributed by atoms with Gasteiger partial charge in [-0.3, -0.25) is 9.78 Å². The molecule has 15 heavy (non-hydrogen) atoms. The van der Waals surface area contributed by atoms with Gasteiger partial charge in [0.2, 0.25) is 0 Å². The highest BCUT2D eigenvalue weighted by Gasteiger charge is 2.33. The van der Waals surface area contributed by atoms with Gasteiger partial charge < -0.3 is 4.74 Å². The molecule has 0 aromatic carbocycles. The monoisotopic (exact) mass is 331 g/mol. The molecule has 0 saturated heterocycles. The summed E-state index contributed by atoms with van der Waals surface area (Å²) in [6, 6.07) is 0. The third-order valence-electron chi connectivity index (χ3n) is 1.54. The highest BCUT2D eigenvalue weighted by atomic mass is 127. The van der Waals surface area contributed by atoms with Crippen LogP contribution in [0.2, 0.25) is 0 Å². The third kappa shape index (κ3) is 3.05. The van der Waals surface area contributed by atoms with Crippen LogP contribution in [-0.4, -0.2) is 17.6 Å². The fourth-order valence-electron chi connectivity index (χ4n) is 0.939. The molecule has 0 aliphatic carbocycles. The van der Waals surface area contributed by atoms with Gasteiger partial charge in [-0.05, 0) is 29.5 Å². The molecule has 0 saturated carbocycles. The molecule has 1 heterocycles. The van der Waals surface area contributed by atoms with Crippen molar-refractivity contribution in [3.8, 4) is 5.75 Å². The van der Waals surface area contributed by atoms with Crippen LogP contribution in [0.25, 0.3) is 0 Å². The highest BCUT2D eigenvalue weighted by molar-refractivity contribution is 14.1. The number of carbonyl (C=O) groups excluding carboxylic acids is 1. The molecule has 7 heteroatoms. The summed E-state index contributed by atoms with van der Waals surface area (Å²) >= 11 is 1.71. The van der Waals surface area contributed by atoms with Crippen LogP contribution in [0.15, 0.2) is 6.20 Å². The Morgan fingerprint density at radius 1 is 1.53 bits per heavy atom. The summed E-state index contributed by atoms with van der Waals surface area (Å²) in [7, 11) is 0. The van der Waals surface area contributed by atoms with Crippen molar-refractivity contribution in [3.05, 3.63) is 21.0 Å². The molecule has 0 aliphatic rings. The normalized spacial score (nSPS) is 11.3. The minimum atomic E-state index is -4.82. The van der Waals surface area contributed by atoms with Gasteiger partial charge in [0.25, 0.3) is 0 Å². The van der Waals surface area contributed by atoms with E-state index in [2.05, 4.69) is 9.72 Å². The fourth-order valence-corrected chi connectivity index (χ4v) is 1.45. The molecule has 1 aromatic heterocycles. The van der Waals surface area contributed by atoms with E-state index < -0.39 is 12.1 Å². The zero-order valence-corrected chi connectivity index (χ0v) is 9.59. The second-order valence-electron chi connectivity index (χ2n) is 2.60. The predicted octanol–water partition coefficient (Wildman–Crippen LogP) is 2.71. The maximum Gasteiger partial charge on any atom is 0.573 e. The Kier molecular flexibility index (Phi) is 3.53. The number of rotatable bonds is 2. The Morgan fingerprint density at radius 3 is 2.60 bits per heavy atom. The average molecular weight is 331 g/mol. The van der Waals surface area contributed by atoms with Crippen LogP contribution < -0.4 is 4.74 Å². The van der Waals surface area contributed by atoms with E-state index in [0.717, 1.165) is 0 Å². The number of alkyl halides is 3. The zero-order chi connectivity index (χ0) is 11.6. The van der Waals surface area contributed by atoms with E-state index in [-0.39, 0.29) is 11.3 Å². The van der Waals surface area contributed by atoms with Crippen LogP contribution >= 0.6 is 22.6 Å². The van der Waals surface area contributed by atoms with E-state index in [1.807, 2.05) is 0 Å². The van der Waals surface area contributed by atoms with Gasteiger partial charge in [-0.25, -0.2) is 0 Å². The van der Waals surface area contributed by atoms with Gasteiger partial charge in [0.15, 0.2) is 12.0 Å². The number of hydrogen-bond acceptors (Lipinski definition) is 3. The zero-order valence-electron chi connectivity index (χ0n) is 7.43. The summed E-state index contributed by atoms with van der Waals surface area (Å²) in [5.74, 6) is -0.538. The van der Waals surface area contributed by atoms with Gasteiger partial charge in [-0.1, -0.05) is 0 Å². The van der Waals surface area contributed by atoms with Crippen LogP contribution in [0, 0.1) is 10.5 Å². The Bertz CT molecular complexity index is 392. The summed E-state index contributed by atoms with van der Waals surface area (Å²) in [5.41, 5.74) is -0.115. The first-order valence-corrected chi connectivity index (χ1v) is 4.79. The molecule has 0 spiro atoms. The Morgan fingerprint density at radius 2 is 2.13 bits per heavy atom. The SMILES string of the molecule is Cc1ncc(I)c(C=O)c1OC(F)(F)F. The second kappa shape index (κ2) is 4.33. The van der Waals surface area contributed by atoms with Crippen LogP contribution in [0.4, 0.5) is 13.2 Å². The lowest BCUT2D eigenvalue weighted by Crippen LogP contribution is -2.19. The van der Waals surface area contributed by atoms with E-state index >= 15 is 0 Å². The molecule has 0 radical (unpaired) electrons. The number of hydrogen-bond donors (Lipinski definition) is 0. The van der Waals surface area contributed by atoms with E-state index in [9.17, 15) is 18.0 Å². The predicted molar refractivity (Wildman–Crippen MR) is 53.8 cm³/mol. The minimum absolute atomic E-state index is 0.0230. The lowest BCUT2D eigenvalue weighted by Gasteiger charge is -2.13. The van der Waals surface area contributed by atoms with Gasteiger partial charge >= 0.3 is 6.36 Å². The van der Waals surface area contributed by atoms with E-state index in [4.69, 9.17) is 0 Å². The number of aldehydes is 1. The van der Waals surface area contributed by atoms with Crippen LogP contribution in [0.5, 0.6) is 5.75 Å². The second-order valence-corrected chi connectivity index (χ2v) is 3.76. The molecule has 3 nitrogen and oxygen atoms in total. The van der Waals surface area contributed by atoms with Crippen molar-refractivity contribution >= 4 is 28.9 Å². The van der Waals surface area contributed by atoms with E-state index in [0.29, 0.717) is 9.86 Å². The van der Waals surface area contributed by atoms with Crippen LogP contribution in [0.1, 0.15) is 16.1 Å². The maximum absolute atomic E-state index is 12.0. The van der Waals surface area contributed by atoms with Crippen molar-refractivity contribution in [2.45, 2.75) is 13.3 Å². The van der Waals surface area contributed by atoms with Crippen LogP contribution in [-0.2, 0) is 0 Å². The largest absolute Gasteiger partial charge is 0.573 e. The molecule has 0 fully saturated rings. The first-order valence-electron chi connectivity index (χ1n) is 3.71. The van der Waals surface area contributed by atoms with Gasteiger partial charge in [0.05, 0.1) is 11.3 Å². The van der Waals surface area contributed by atoms with Gasteiger partial charge in [-0.2, -0.15) is 0 Å². The Labute approximate surface area is 96.8 Å². The smallest absolute Gasteiger partial charge is 0.403 e. The van der Waals surface area contributed by atoms with Crippen molar-refractivity contribution < 1.29 is 22.7 Å². The molecule has 0 amide bonds. The Balaban J connectivity index is 3.25. The average Bonchev–Trinajstić information content (AvgIpc) is 2.10. The van der Waals surface area contributed by atoms with Crippen molar-refractivity contribution in [1.29, 1.82) is 0 Å². The Hall–Kier alpha value is -0.860. The number of pyridine rings is 1. The molecule has 0 bridgehead atoms. The van der Waals surface area contributed by atoms with Crippen molar-refractivity contribution in [2.75, 3.05) is 0 Å². The standard InChI is InChI=1S/C8H5F3INO2/c1-4-7(15-8(9,10)11)5(3-14)6(12)2-13-4/h2-3H,1H3. The molecule has 0 N–H and O–H groups in total. The summed E-state index contributed by atoms with van der Waals surface area (Å²) in [5, 5.41) is 0. The number of carbonyl (C=O) groups is 1. The molecule has 1 aromatic rings. The topological polar surface area (TPSA) is 39.2 Å². The summed E-state index contributed by atoms with van der Waals surface area (Å²) < 4.78 is 40.1. The summed E-state index contributed by atoms with van der Waals surface area (Å²) in [6.45, 7) is 1.34. The van der Waals surface area contributed by atoms with Crippen molar-refractivity contribution in [1.82, 2.24) is 4.98 Å². The van der Waals surface area contributed by atoms with E-state index in [1.54, 1.807) is 22.6 Å².